The molecule has 2 rings (SSSR count). The average Bonchev–Trinajstić information content (AvgIpc) is 2.74. The molecule has 9 heteroatoms. The van der Waals surface area contributed by atoms with E-state index in [-0.39, 0.29) is 22.2 Å². The van der Waals surface area contributed by atoms with E-state index in [9.17, 15) is 14.5 Å². The number of imidazole rings is 1. The minimum absolute atomic E-state index is 0.180. The third-order valence-electron chi connectivity index (χ3n) is 2.60. The van der Waals surface area contributed by atoms with E-state index in [2.05, 4.69) is 4.98 Å². The molecule has 0 radical (unpaired) electrons. The van der Waals surface area contributed by atoms with Crippen LogP contribution in [0.25, 0.3) is 0 Å². The van der Waals surface area contributed by atoms with Crippen LogP contribution in [0.15, 0.2) is 28.4 Å². The summed E-state index contributed by atoms with van der Waals surface area (Å²) in [7, 11) is 1.66. The summed E-state index contributed by atoms with van der Waals surface area (Å²) in [6.45, 7) is -0.198. The standard InChI is InChI=1S/C11H9ClFN3O3S/c1-15-6(5-17)4-14-11(15)20-10-2-7(12)8(13)3-9(10)16(18)19/h2-4,17H,5H2,1H3. The maximum atomic E-state index is 13.3. The Labute approximate surface area is 122 Å². The van der Waals surface area contributed by atoms with Crippen LogP contribution in [0.3, 0.4) is 0 Å². The van der Waals surface area contributed by atoms with E-state index >= 15 is 0 Å². The van der Waals surface area contributed by atoms with Crippen molar-refractivity contribution >= 4 is 29.1 Å². The van der Waals surface area contributed by atoms with Crippen molar-refractivity contribution in [1.29, 1.82) is 0 Å². The number of aliphatic hydroxyl groups is 1. The lowest BCUT2D eigenvalue weighted by Gasteiger charge is -2.05. The molecule has 1 heterocycles. The first-order chi connectivity index (χ1) is 9.43. The largest absolute Gasteiger partial charge is 0.390 e. The number of nitro groups is 1. The molecule has 0 fully saturated rings. The monoisotopic (exact) mass is 317 g/mol. The zero-order valence-electron chi connectivity index (χ0n) is 10.2. The third kappa shape index (κ3) is 2.77. The minimum atomic E-state index is -0.849. The fraction of sp³-hybridized carbons (Fsp3) is 0.182. The maximum absolute atomic E-state index is 13.3. The molecule has 0 spiro atoms. The molecule has 1 N–H and O–H groups in total. The highest BCUT2D eigenvalue weighted by Gasteiger charge is 2.20. The summed E-state index contributed by atoms with van der Waals surface area (Å²) in [5.74, 6) is -0.849. The van der Waals surface area contributed by atoms with Gasteiger partial charge in [-0.15, -0.1) is 0 Å². The predicted octanol–water partition coefficient (Wildman–Crippen LogP) is 2.76. The van der Waals surface area contributed by atoms with Gasteiger partial charge in [-0.3, -0.25) is 10.1 Å². The molecule has 106 valence electrons. The van der Waals surface area contributed by atoms with Crippen molar-refractivity contribution in [2.75, 3.05) is 0 Å². The number of hydrogen-bond donors (Lipinski definition) is 1. The minimum Gasteiger partial charge on any atom is -0.390 e. The van der Waals surface area contributed by atoms with Crippen molar-refractivity contribution in [3.63, 3.8) is 0 Å². The maximum Gasteiger partial charge on any atom is 0.286 e. The van der Waals surface area contributed by atoms with Gasteiger partial charge in [0.25, 0.3) is 5.69 Å². The van der Waals surface area contributed by atoms with E-state index in [0.29, 0.717) is 10.9 Å². The average molecular weight is 318 g/mol. The number of nitro benzene ring substituents is 1. The number of nitrogens with zero attached hydrogens (tertiary/aromatic N) is 3. The van der Waals surface area contributed by atoms with Gasteiger partial charge < -0.3 is 9.67 Å². The number of aromatic nitrogens is 2. The molecular formula is C11H9ClFN3O3S. The molecule has 0 amide bonds. The number of aliphatic hydroxyl groups excluding tert-OH is 1. The van der Waals surface area contributed by atoms with Crippen LogP contribution in [-0.4, -0.2) is 19.6 Å². The van der Waals surface area contributed by atoms with Gasteiger partial charge in [0.1, 0.15) is 5.82 Å². The van der Waals surface area contributed by atoms with Gasteiger partial charge in [0.05, 0.1) is 39.4 Å². The highest BCUT2D eigenvalue weighted by Crippen LogP contribution is 2.37. The summed E-state index contributed by atoms with van der Waals surface area (Å²) >= 11 is 6.63. The molecule has 0 saturated carbocycles. The summed E-state index contributed by atoms with van der Waals surface area (Å²) < 4.78 is 14.9. The Bertz CT molecular complexity index is 677. The Hall–Kier alpha value is -1.64. The highest BCUT2D eigenvalue weighted by molar-refractivity contribution is 7.99. The topological polar surface area (TPSA) is 81.2 Å². The highest BCUT2D eigenvalue weighted by atomic mass is 35.5. The van der Waals surface area contributed by atoms with E-state index in [1.807, 2.05) is 0 Å². The fourth-order valence-corrected chi connectivity index (χ4v) is 2.71. The number of halogens is 2. The van der Waals surface area contributed by atoms with Crippen molar-refractivity contribution in [3.05, 3.63) is 45.0 Å². The number of hydrogen-bond acceptors (Lipinski definition) is 5. The van der Waals surface area contributed by atoms with Crippen LogP contribution >= 0.6 is 23.4 Å². The predicted molar refractivity (Wildman–Crippen MR) is 71.3 cm³/mol. The first kappa shape index (κ1) is 14.8. The second-order valence-electron chi connectivity index (χ2n) is 3.84. The summed E-state index contributed by atoms with van der Waals surface area (Å²) in [5, 5.41) is 20.2. The van der Waals surface area contributed by atoms with Crippen LogP contribution in [0.2, 0.25) is 5.02 Å². The van der Waals surface area contributed by atoms with Gasteiger partial charge in [-0.05, 0) is 17.8 Å². The molecule has 0 aliphatic carbocycles. The molecule has 2 aromatic rings. The molecule has 0 saturated heterocycles. The molecule has 20 heavy (non-hydrogen) atoms. The van der Waals surface area contributed by atoms with Crippen molar-refractivity contribution < 1.29 is 14.4 Å². The molecule has 0 aliphatic heterocycles. The third-order valence-corrected chi connectivity index (χ3v) is 4.00. The van der Waals surface area contributed by atoms with Crippen LogP contribution < -0.4 is 0 Å². The van der Waals surface area contributed by atoms with Gasteiger partial charge in [0, 0.05) is 7.05 Å². The Morgan fingerprint density at radius 3 is 2.85 bits per heavy atom. The molecule has 0 bridgehead atoms. The molecule has 0 atom stereocenters. The number of rotatable bonds is 4. The Kier molecular flexibility index (Phi) is 4.26. The van der Waals surface area contributed by atoms with Crippen molar-refractivity contribution in [3.8, 4) is 0 Å². The first-order valence-electron chi connectivity index (χ1n) is 5.36. The molecule has 1 aromatic heterocycles. The summed E-state index contributed by atoms with van der Waals surface area (Å²) in [6, 6.07) is 1.97. The van der Waals surface area contributed by atoms with Crippen LogP contribution in [0, 0.1) is 15.9 Å². The van der Waals surface area contributed by atoms with Gasteiger partial charge in [0.2, 0.25) is 0 Å². The van der Waals surface area contributed by atoms with E-state index in [0.717, 1.165) is 17.8 Å². The summed E-state index contributed by atoms with van der Waals surface area (Å²) in [6.07, 6.45) is 1.46. The first-order valence-corrected chi connectivity index (χ1v) is 6.56. The van der Waals surface area contributed by atoms with E-state index < -0.39 is 10.7 Å². The summed E-state index contributed by atoms with van der Waals surface area (Å²) in [5.41, 5.74) is 0.175. The second kappa shape index (κ2) is 5.78. The molecule has 0 unspecified atom stereocenters. The van der Waals surface area contributed by atoms with Crippen LogP contribution in [0.4, 0.5) is 10.1 Å². The quantitative estimate of drug-likeness (QED) is 0.692. The molecule has 6 nitrogen and oxygen atoms in total. The van der Waals surface area contributed by atoms with E-state index in [1.165, 1.54) is 12.3 Å². The molecular weight excluding hydrogens is 309 g/mol. The zero-order chi connectivity index (χ0) is 14.9. The summed E-state index contributed by atoms with van der Waals surface area (Å²) in [4.78, 5) is 14.5. The van der Waals surface area contributed by atoms with E-state index in [4.69, 9.17) is 16.7 Å². The molecule has 1 aromatic carbocycles. The Morgan fingerprint density at radius 2 is 2.30 bits per heavy atom. The van der Waals surface area contributed by atoms with Crippen LogP contribution in [0.1, 0.15) is 5.69 Å². The SMILES string of the molecule is Cn1c(CO)cnc1Sc1cc(Cl)c(F)cc1[N+](=O)[O-]. The fourth-order valence-electron chi connectivity index (χ4n) is 1.51. The zero-order valence-corrected chi connectivity index (χ0v) is 11.8. The van der Waals surface area contributed by atoms with Gasteiger partial charge in [0.15, 0.2) is 5.16 Å². The van der Waals surface area contributed by atoms with Crippen LogP contribution in [0.5, 0.6) is 0 Å². The van der Waals surface area contributed by atoms with Crippen molar-refractivity contribution in [1.82, 2.24) is 9.55 Å². The van der Waals surface area contributed by atoms with Crippen molar-refractivity contribution in [2.45, 2.75) is 16.7 Å². The normalized spacial score (nSPS) is 10.8. The lowest BCUT2D eigenvalue weighted by Crippen LogP contribution is -1.98. The molecule has 0 aliphatic rings. The van der Waals surface area contributed by atoms with Gasteiger partial charge in [-0.2, -0.15) is 0 Å². The van der Waals surface area contributed by atoms with Gasteiger partial charge in [-0.1, -0.05) is 11.6 Å². The Balaban J connectivity index is 2.44. The lowest BCUT2D eigenvalue weighted by atomic mass is 10.3. The lowest BCUT2D eigenvalue weighted by molar-refractivity contribution is -0.387. The van der Waals surface area contributed by atoms with E-state index in [1.54, 1.807) is 11.6 Å². The second-order valence-corrected chi connectivity index (χ2v) is 5.26. The van der Waals surface area contributed by atoms with Gasteiger partial charge in [-0.25, -0.2) is 9.37 Å². The Morgan fingerprint density at radius 1 is 1.60 bits per heavy atom. The van der Waals surface area contributed by atoms with Gasteiger partial charge >= 0.3 is 0 Å². The smallest absolute Gasteiger partial charge is 0.286 e. The number of benzene rings is 1. The van der Waals surface area contributed by atoms with Crippen molar-refractivity contribution in [2.24, 2.45) is 7.05 Å². The van der Waals surface area contributed by atoms with Crippen LogP contribution in [-0.2, 0) is 13.7 Å².